The van der Waals surface area contributed by atoms with Crippen LogP contribution < -0.4 is 5.73 Å². The molecule has 1 rings (SSSR count). The summed E-state index contributed by atoms with van der Waals surface area (Å²) in [5.74, 6) is -0.299. The van der Waals surface area contributed by atoms with Crippen LogP contribution in [0.1, 0.15) is 39.3 Å². The molecule has 1 heterocycles. The van der Waals surface area contributed by atoms with Gasteiger partial charge in [-0.3, -0.25) is 9.48 Å². The summed E-state index contributed by atoms with van der Waals surface area (Å²) >= 11 is 0. The van der Waals surface area contributed by atoms with Crippen molar-refractivity contribution in [2.45, 2.75) is 45.9 Å². The summed E-state index contributed by atoms with van der Waals surface area (Å²) in [6.07, 6.45) is 3.42. The summed E-state index contributed by atoms with van der Waals surface area (Å²) < 4.78 is 6.71. The zero-order valence-corrected chi connectivity index (χ0v) is 10.2. The molecule has 1 atom stereocenters. The van der Waals surface area contributed by atoms with Crippen molar-refractivity contribution in [2.24, 2.45) is 5.73 Å². The lowest BCUT2D eigenvalue weighted by molar-refractivity contribution is -0.155. The van der Waals surface area contributed by atoms with Crippen molar-refractivity contribution in [3.63, 3.8) is 0 Å². The molecule has 2 N–H and O–H groups in total. The van der Waals surface area contributed by atoms with Crippen molar-refractivity contribution in [3.8, 4) is 0 Å². The third-order valence-electron chi connectivity index (χ3n) is 1.89. The quantitative estimate of drug-likeness (QED) is 0.786. The molecule has 1 unspecified atom stereocenters. The highest BCUT2D eigenvalue weighted by Gasteiger charge is 2.16. The second-order valence-corrected chi connectivity index (χ2v) is 4.85. The Morgan fingerprint density at radius 1 is 1.62 bits per heavy atom. The second-order valence-electron chi connectivity index (χ2n) is 4.85. The first kappa shape index (κ1) is 12.7. The van der Waals surface area contributed by atoms with Gasteiger partial charge >= 0.3 is 5.97 Å². The number of nitrogens with zero attached hydrogens (tertiary/aromatic N) is 2. The second kappa shape index (κ2) is 4.65. The molecule has 0 bridgehead atoms. The van der Waals surface area contributed by atoms with Gasteiger partial charge < -0.3 is 10.5 Å². The van der Waals surface area contributed by atoms with E-state index in [0.29, 0.717) is 0 Å². The van der Waals surface area contributed by atoms with E-state index < -0.39 is 5.60 Å². The molecule has 90 valence electrons. The van der Waals surface area contributed by atoms with Crippen LogP contribution in [0.15, 0.2) is 12.4 Å². The summed E-state index contributed by atoms with van der Waals surface area (Å²) in [7, 11) is 0. The summed E-state index contributed by atoms with van der Waals surface area (Å²) in [6.45, 7) is 7.49. The van der Waals surface area contributed by atoms with Crippen molar-refractivity contribution < 1.29 is 9.53 Å². The van der Waals surface area contributed by atoms with Crippen LogP contribution in [0.5, 0.6) is 0 Å². The van der Waals surface area contributed by atoms with E-state index in [1.807, 2.05) is 27.7 Å². The molecule has 0 aliphatic carbocycles. The van der Waals surface area contributed by atoms with E-state index in [1.54, 1.807) is 12.4 Å². The largest absolute Gasteiger partial charge is 0.459 e. The highest BCUT2D eigenvalue weighted by Crippen LogP contribution is 2.09. The fourth-order valence-corrected chi connectivity index (χ4v) is 1.21. The van der Waals surface area contributed by atoms with Crippen LogP contribution in [0, 0.1) is 0 Å². The first-order chi connectivity index (χ1) is 7.28. The van der Waals surface area contributed by atoms with Crippen LogP contribution in [0.3, 0.4) is 0 Å². The smallest absolute Gasteiger partial charge is 0.328 e. The predicted molar refractivity (Wildman–Crippen MR) is 60.7 cm³/mol. The standard InChI is InChI=1S/C11H19N3O2/c1-8(12)9-5-13-14(6-9)7-10(15)16-11(2,3)4/h5-6,8H,7,12H2,1-4H3. The Morgan fingerprint density at radius 2 is 2.25 bits per heavy atom. The molecule has 5 nitrogen and oxygen atoms in total. The van der Waals surface area contributed by atoms with Gasteiger partial charge in [0, 0.05) is 17.8 Å². The van der Waals surface area contributed by atoms with Crippen molar-refractivity contribution in [3.05, 3.63) is 18.0 Å². The zero-order chi connectivity index (χ0) is 12.3. The molecule has 0 spiro atoms. The maximum Gasteiger partial charge on any atom is 0.328 e. The third-order valence-corrected chi connectivity index (χ3v) is 1.89. The number of hydrogen-bond acceptors (Lipinski definition) is 4. The number of carbonyl (C=O) groups excluding carboxylic acids is 1. The van der Waals surface area contributed by atoms with Gasteiger partial charge in [0.25, 0.3) is 0 Å². The number of rotatable bonds is 3. The number of carbonyl (C=O) groups is 1. The van der Waals surface area contributed by atoms with E-state index in [4.69, 9.17) is 10.5 Å². The topological polar surface area (TPSA) is 70.1 Å². The van der Waals surface area contributed by atoms with Crippen LogP contribution in [0.4, 0.5) is 0 Å². The van der Waals surface area contributed by atoms with Gasteiger partial charge in [-0.05, 0) is 27.7 Å². The van der Waals surface area contributed by atoms with Crippen LogP contribution in [-0.4, -0.2) is 21.4 Å². The van der Waals surface area contributed by atoms with Crippen molar-refractivity contribution in [1.82, 2.24) is 9.78 Å². The molecule has 1 aromatic rings. The monoisotopic (exact) mass is 225 g/mol. The minimum Gasteiger partial charge on any atom is -0.459 e. The normalized spacial score (nSPS) is 13.6. The van der Waals surface area contributed by atoms with E-state index in [9.17, 15) is 4.79 Å². The fourth-order valence-electron chi connectivity index (χ4n) is 1.21. The molecule has 0 fully saturated rings. The molecule has 1 aromatic heterocycles. The van der Waals surface area contributed by atoms with Gasteiger partial charge in [-0.2, -0.15) is 5.10 Å². The SMILES string of the molecule is CC(N)c1cnn(CC(=O)OC(C)(C)C)c1. The minimum atomic E-state index is -0.464. The van der Waals surface area contributed by atoms with Gasteiger partial charge in [-0.25, -0.2) is 0 Å². The maximum absolute atomic E-state index is 11.5. The van der Waals surface area contributed by atoms with Gasteiger partial charge in [0.1, 0.15) is 12.1 Å². The molecule has 0 amide bonds. The Hall–Kier alpha value is -1.36. The molecule has 0 radical (unpaired) electrons. The predicted octanol–water partition coefficient (Wildman–Crippen LogP) is 1.24. The van der Waals surface area contributed by atoms with E-state index in [2.05, 4.69) is 5.10 Å². The van der Waals surface area contributed by atoms with Gasteiger partial charge in [-0.15, -0.1) is 0 Å². The average Bonchev–Trinajstić information content (AvgIpc) is 2.48. The Balaban J connectivity index is 2.57. The Kier molecular flexibility index (Phi) is 3.70. The number of aromatic nitrogens is 2. The Labute approximate surface area is 95.6 Å². The third kappa shape index (κ3) is 4.02. The van der Waals surface area contributed by atoms with Crippen LogP contribution in [-0.2, 0) is 16.1 Å². The average molecular weight is 225 g/mol. The molecular formula is C11H19N3O2. The molecular weight excluding hydrogens is 206 g/mol. The first-order valence-electron chi connectivity index (χ1n) is 5.28. The Bertz CT molecular complexity index is 364. The molecule has 0 aliphatic heterocycles. The number of esters is 1. The van der Waals surface area contributed by atoms with Crippen LogP contribution in [0.25, 0.3) is 0 Å². The molecule has 0 saturated heterocycles. The summed E-state index contributed by atoms with van der Waals surface area (Å²) in [4.78, 5) is 11.5. The summed E-state index contributed by atoms with van der Waals surface area (Å²) in [5.41, 5.74) is 6.13. The molecule has 5 heteroatoms. The van der Waals surface area contributed by atoms with Crippen molar-refractivity contribution in [1.29, 1.82) is 0 Å². The number of hydrogen-bond donors (Lipinski definition) is 1. The summed E-state index contributed by atoms with van der Waals surface area (Å²) in [6, 6.07) is -0.0765. The van der Waals surface area contributed by atoms with Gasteiger partial charge in [0.15, 0.2) is 0 Å². The molecule has 16 heavy (non-hydrogen) atoms. The fraction of sp³-hybridized carbons (Fsp3) is 0.636. The zero-order valence-electron chi connectivity index (χ0n) is 10.2. The van der Waals surface area contributed by atoms with E-state index in [-0.39, 0.29) is 18.6 Å². The lowest BCUT2D eigenvalue weighted by Crippen LogP contribution is -2.26. The Morgan fingerprint density at radius 3 is 2.69 bits per heavy atom. The number of nitrogens with two attached hydrogens (primary N) is 1. The lowest BCUT2D eigenvalue weighted by atomic mass is 10.2. The highest BCUT2D eigenvalue weighted by molar-refractivity contribution is 5.69. The summed E-state index contributed by atoms with van der Waals surface area (Å²) in [5, 5.41) is 4.04. The van der Waals surface area contributed by atoms with Gasteiger partial charge in [0.05, 0.1) is 6.20 Å². The van der Waals surface area contributed by atoms with Crippen molar-refractivity contribution >= 4 is 5.97 Å². The van der Waals surface area contributed by atoms with Crippen LogP contribution in [0.2, 0.25) is 0 Å². The van der Waals surface area contributed by atoms with Gasteiger partial charge in [-0.1, -0.05) is 0 Å². The van der Waals surface area contributed by atoms with Crippen LogP contribution >= 0.6 is 0 Å². The first-order valence-corrected chi connectivity index (χ1v) is 5.28. The molecule has 0 aliphatic rings. The molecule has 0 saturated carbocycles. The van der Waals surface area contributed by atoms with E-state index in [1.165, 1.54) is 4.68 Å². The highest BCUT2D eigenvalue weighted by atomic mass is 16.6. The maximum atomic E-state index is 11.5. The van der Waals surface area contributed by atoms with E-state index >= 15 is 0 Å². The lowest BCUT2D eigenvalue weighted by Gasteiger charge is -2.19. The van der Waals surface area contributed by atoms with Crippen molar-refractivity contribution in [2.75, 3.05) is 0 Å². The van der Waals surface area contributed by atoms with Gasteiger partial charge in [0.2, 0.25) is 0 Å². The molecule has 0 aromatic carbocycles. The minimum absolute atomic E-state index is 0.0765. The van der Waals surface area contributed by atoms with E-state index in [0.717, 1.165) is 5.56 Å². The number of ether oxygens (including phenoxy) is 1.